The molecule has 2 saturated heterocycles. The van der Waals surface area contributed by atoms with Crippen molar-refractivity contribution in [1.29, 1.82) is 0 Å². The standard InChI is InChI=1S/C22H26N4O4S/c1-14-16(13-23-15(2)24-14)20(27)18-19(17-5-3-12-31-17)26(22(29)21(18)28)7-4-6-25-8-10-30-11-9-25/h3,5,12-13,19,27H,4,6-11H2,1-2H3/t19-/m1/s1. The third kappa shape index (κ3) is 4.39. The minimum atomic E-state index is -0.665. The van der Waals surface area contributed by atoms with Gasteiger partial charge in [0, 0.05) is 37.3 Å². The third-order valence-corrected chi connectivity index (χ3v) is 6.61. The number of thiophene rings is 1. The Kier molecular flexibility index (Phi) is 6.45. The van der Waals surface area contributed by atoms with E-state index in [1.165, 1.54) is 17.5 Å². The number of carbonyl (C=O) groups is 2. The molecular formula is C22H26N4O4S. The molecule has 0 aromatic carbocycles. The molecule has 2 aliphatic rings. The van der Waals surface area contributed by atoms with Gasteiger partial charge in [0.15, 0.2) is 0 Å². The molecule has 4 rings (SSSR count). The Balaban J connectivity index is 1.64. The normalized spacial score (nSPS) is 21.7. The van der Waals surface area contributed by atoms with Crippen LogP contribution in [0.1, 0.15) is 34.4 Å². The lowest BCUT2D eigenvalue weighted by Crippen LogP contribution is -2.38. The Morgan fingerprint density at radius 1 is 1.26 bits per heavy atom. The van der Waals surface area contributed by atoms with Gasteiger partial charge in [0.2, 0.25) is 0 Å². The van der Waals surface area contributed by atoms with E-state index in [9.17, 15) is 14.7 Å². The molecule has 4 heterocycles. The number of ether oxygens (including phenoxy) is 1. The molecule has 0 radical (unpaired) electrons. The smallest absolute Gasteiger partial charge is 0.295 e. The van der Waals surface area contributed by atoms with Crippen LogP contribution in [0.5, 0.6) is 0 Å². The summed E-state index contributed by atoms with van der Waals surface area (Å²) in [6.45, 7) is 7.96. The van der Waals surface area contributed by atoms with Crippen molar-refractivity contribution < 1.29 is 19.4 Å². The number of hydrogen-bond acceptors (Lipinski definition) is 8. The maximum absolute atomic E-state index is 13.0. The molecule has 0 bridgehead atoms. The minimum Gasteiger partial charge on any atom is -0.507 e. The Labute approximate surface area is 185 Å². The average Bonchev–Trinajstić information content (AvgIpc) is 3.37. The number of amides is 1. The minimum absolute atomic E-state index is 0.106. The van der Waals surface area contributed by atoms with Crippen molar-refractivity contribution in [2.75, 3.05) is 39.4 Å². The Morgan fingerprint density at radius 3 is 2.71 bits per heavy atom. The van der Waals surface area contributed by atoms with Crippen LogP contribution in [-0.2, 0) is 14.3 Å². The zero-order valence-corrected chi connectivity index (χ0v) is 18.5. The number of ketones is 1. The van der Waals surface area contributed by atoms with E-state index < -0.39 is 17.7 Å². The van der Waals surface area contributed by atoms with Gasteiger partial charge in [0.1, 0.15) is 11.6 Å². The highest BCUT2D eigenvalue weighted by atomic mass is 32.1. The van der Waals surface area contributed by atoms with E-state index >= 15 is 0 Å². The van der Waals surface area contributed by atoms with Gasteiger partial charge in [-0.05, 0) is 31.7 Å². The number of carbonyl (C=O) groups excluding carboxylic acids is 2. The maximum atomic E-state index is 13.0. The van der Waals surface area contributed by atoms with Crippen LogP contribution in [0, 0.1) is 13.8 Å². The van der Waals surface area contributed by atoms with Crippen LogP contribution in [0.2, 0.25) is 0 Å². The molecule has 164 valence electrons. The van der Waals surface area contributed by atoms with Gasteiger partial charge in [-0.3, -0.25) is 14.5 Å². The van der Waals surface area contributed by atoms with Crippen molar-refractivity contribution in [2.45, 2.75) is 26.3 Å². The fraction of sp³-hybridized carbons (Fsp3) is 0.455. The van der Waals surface area contributed by atoms with E-state index in [2.05, 4.69) is 14.9 Å². The average molecular weight is 443 g/mol. The number of Topliss-reactive ketones (excluding diaryl/α,β-unsaturated/α-hetero) is 1. The molecule has 2 aromatic rings. The fourth-order valence-electron chi connectivity index (χ4n) is 4.10. The molecule has 0 unspecified atom stereocenters. The number of nitrogens with zero attached hydrogens (tertiary/aromatic N) is 4. The van der Waals surface area contributed by atoms with E-state index in [1.54, 1.807) is 18.7 Å². The van der Waals surface area contributed by atoms with Crippen LogP contribution in [0.3, 0.4) is 0 Å². The van der Waals surface area contributed by atoms with E-state index in [0.29, 0.717) is 23.6 Å². The highest BCUT2D eigenvalue weighted by Gasteiger charge is 2.46. The molecule has 0 saturated carbocycles. The lowest BCUT2D eigenvalue weighted by atomic mass is 10.00. The van der Waals surface area contributed by atoms with Gasteiger partial charge in [-0.2, -0.15) is 0 Å². The summed E-state index contributed by atoms with van der Waals surface area (Å²) in [4.78, 5) is 39.1. The van der Waals surface area contributed by atoms with Crippen molar-refractivity contribution >= 4 is 28.8 Å². The SMILES string of the molecule is Cc1ncc(C(O)=C2C(=O)C(=O)N(CCCN3CCOCC3)[C@@H]2c2cccs2)c(C)n1. The fourth-order valence-corrected chi connectivity index (χ4v) is 4.95. The van der Waals surface area contributed by atoms with Gasteiger partial charge in [-0.25, -0.2) is 9.97 Å². The van der Waals surface area contributed by atoms with E-state index in [-0.39, 0.29) is 11.3 Å². The summed E-state index contributed by atoms with van der Waals surface area (Å²) in [5, 5.41) is 13.0. The highest BCUT2D eigenvalue weighted by molar-refractivity contribution is 7.10. The van der Waals surface area contributed by atoms with Crippen molar-refractivity contribution in [3.8, 4) is 0 Å². The first-order valence-corrected chi connectivity index (χ1v) is 11.3. The number of aliphatic hydroxyl groups excluding tert-OH is 1. The zero-order valence-electron chi connectivity index (χ0n) is 17.7. The van der Waals surface area contributed by atoms with Gasteiger partial charge >= 0.3 is 0 Å². The Morgan fingerprint density at radius 2 is 2.03 bits per heavy atom. The first-order chi connectivity index (χ1) is 15.0. The molecule has 31 heavy (non-hydrogen) atoms. The lowest BCUT2D eigenvalue weighted by molar-refractivity contribution is -0.140. The topological polar surface area (TPSA) is 95.9 Å². The molecule has 0 aliphatic carbocycles. The Bertz CT molecular complexity index is 999. The van der Waals surface area contributed by atoms with Crippen LogP contribution in [0.25, 0.3) is 5.76 Å². The summed E-state index contributed by atoms with van der Waals surface area (Å²) in [5.41, 5.74) is 1.04. The number of aromatic nitrogens is 2. The summed E-state index contributed by atoms with van der Waals surface area (Å²) in [6.07, 6.45) is 2.24. The number of aryl methyl sites for hydroxylation is 2. The Hall–Kier alpha value is -2.62. The quantitative estimate of drug-likeness (QED) is 0.417. The molecule has 1 N–H and O–H groups in total. The summed E-state index contributed by atoms with van der Waals surface area (Å²) in [6, 6.07) is 3.17. The molecular weight excluding hydrogens is 416 g/mol. The predicted octanol–water partition coefficient (Wildman–Crippen LogP) is 2.30. The number of morpholine rings is 1. The second kappa shape index (κ2) is 9.25. The molecule has 1 atom stereocenters. The lowest BCUT2D eigenvalue weighted by Gasteiger charge is -2.28. The number of rotatable bonds is 6. The van der Waals surface area contributed by atoms with Crippen LogP contribution >= 0.6 is 11.3 Å². The van der Waals surface area contributed by atoms with Crippen molar-refractivity contribution in [3.63, 3.8) is 0 Å². The monoisotopic (exact) mass is 442 g/mol. The van der Waals surface area contributed by atoms with Crippen molar-refractivity contribution in [1.82, 2.24) is 19.8 Å². The zero-order chi connectivity index (χ0) is 22.0. The second-order valence-electron chi connectivity index (χ2n) is 7.73. The first-order valence-electron chi connectivity index (χ1n) is 10.4. The summed E-state index contributed by atoms with van der Waals surface area (Å²) >= 11 is 1.46. The van der Waals surface area contributed by atoms with Crippen LogP contribution < -0.4 is 0 Å². The molecule has 1 amide bonds. The summed E-state index contributed by atoms with van der Waals surface area (Å²) < 4.78 is 5.38. The molecule has 8 nitrogen and oxygen atoms in total. The molecule has 2 aliphatic heterocycles. The number of hydrogen-bond donors (Lipinski definition) is 1. The number of aliphatic hydroxyl groups is 1. The second-order valence-corrected chi connectivity index (χ2v) is 8.71. The van der Waals surface area contributed by atoms with Gasteiger partial charge in [0.05, 0.1) is 36.1 Å². The summed E-state index contributed by atoms with van der Waals surface area (Å²) in [7, 11) is 0. The van der Waals surface area contributed by atoms with Crippen molar-refractivity contribution in [2.24, 2.45) is 0 Å². The predicted molar refractivity (Wildman–Crippen MR) is 117 cm³/mol. The van der Waals surface area contributed by atoms with E-state index in [1.807, 2.05) is 17.5 Å². The van der Waals surface area contributed by atoms with Crippen LogP contribution in [-0.4, -0.2) is 76.0 Å². The molecule has 0 spiro atoms. The van der Waals surface area contributed by atoms with Gasteiger partial charge in [-0.1, -0.05) is 6.07 Å². The van der Waals surface area contributed by atoms with Crippen LogP contribution in [0.4, 0.5) is 0 Å². The largest absolute Gasteiger partial charge is 0.507 e. The van der Waals surface area contributed by atoms with Crippen LogP contribution in [0.15, 0.2) is 29.3 Å². The molecule has 9 heteroatoms. The highest BCUT2D eigenvalue weighted by Crippen LogP contribution is 2.41. The first kappa shape index (κ1) is 21.6. The van der Waals surface area contributed by atoms with Gasteiger partial charge < -0.3 is 14.7 Å². The van der Waals surface area contributed by atoms with Crippen molar-refractivity contribution in [3.05, 3.63) is 51.2 Å². The molecule has 2 fully saturated rings. The third-order valence-electron chi connectivity index (χ3n) is 5.68. The molecule has 2 aromatic heterocycles. The number of likely N-dealkylation sites (tertiary alicyclic amines) is 1. The van der Waals surface area contributed by atoms with Gasteiger partial charge in [-0.15, -0.1) is 11.3 Å². The van der Waals surface area contributed by atoms with E-state index in [0.717, 1.165) is 44.1 Å². The maximum Gasteiger partial charge on any atom is 0.295 e. The summed E-state index contributed by atoms with van der Waals surface area (Å²) in [5.74, 6) is -0.882. The van der Waals surface area contributed by atoms with E-state index in [4.69, 9.17) is 4.74 Å². The van der Waals surface area contributed by atoms with Gasteiger partial charge in [0.25, 0.3) is 11.7 Å².